The van der Waals surface area contributed by atoms with E-state index in [1.807, 2.05) is 6.07 Å². The maximum Gasteiger partial charge on any atom is 0.0504 e. The van der Waals surface area contributed by atoms with Gasteiger partial charge in [0.2, 0.25) is 0 Å². The quantitative estimate of drug-likeness (QED) is 0.795. The summed E-state index contributed by atoms with van der Waals surface area (Å²) in [5.74, 6) is 0. The fourth-order valence-corrected chi connectivity index (χ4v) is 4.38. The fourth-order valence-electron chi connectivity index (χ4n) is 4.20. The predicted molar refractivity (Wildman–Crippen MR) is 84.5 cm³/mol. The molecule has 1 aromatic carbocycles. The van der Waals surface area contributed by atoms with Crippen molar-refractivity contribution < 1.29 is 0 Å². The third-order valence-corrected chi connectivity index (χ3v) is 5.19. The first-order chi connectivity index (χ1) is 9.79. The zero-order valence-corrected chi connectivity index (χ0v) is 12.8. The van der Waals surface area contributed by atoms with E-state index in [0.29, 0.717) is 6.04 Å². The molecule has 2 aliphatic rings. The van der Waals surface area contributed by atoms with Crippen LogP contribution in [0.15, 0.2) is 18.2 Å². The molecule has 0 bridgehead atoms. The first kappa shape index (κ1) is 12.7. The summed E-state index contributed by atoms with van der Waals surface area (Å²) in [7, 11) is 0. The molecule has 2 nitrogen and oxygen atoms in total. The smallest absolute Gasteiger partial charge is 0.0504 e. The van der Waals surface area contributed by atoms with Gasteiger partial charge in [-0.2, -0.15) is 0 Å². The summed E-state index contributed by atoms with van der Waals surface area (Å²) < 4.78 is 2.57. The Labute approximate surface area is 125 Å². The van der Waals surface area contributed by atoms with E-state index >= 15 is 0 Å². The highest BCUT2D eigenvalue weighted by Crippen LogP contribution is 2.42. The lowest BCUT2D eigenvalue weighted by Gasteiger charge is -2.39. The van der Waals surface area contributed by atoms with Crippen molar-refractivity contribution in [3.63, 3.8) is 0 Å². The summed E-state index contributed by atoms with van der Waals surface area (Å²) in [5, 5.41) is 2.26. The topological polar surface area (TPSA) is 8.17 Å². The van der Waals surface area contributed by atoms with Crippen LogP contribution in [0.4, 0.5) is 0 Å². The van der Waals surface area contributed by atoms with Crippen molar-refractivity contribution in [3.8, 4) is 0 Å². The van der Waals surface area contributed by atoms with Crippen LogP contribution in [0.25, 0.3) is 10.9 Å². The molecule has 2 heterocycles. The van der Waals surface area contributed by atoms with Crippen molar-refractivity contribution in [1.82, 2.24) is 9.47 Å². The third-order valence-electron chi connectivity index (χ3n) is 4.96. The van der Waals surface area contributed by atoms with Crippen LogP contribution >= 0.6 is 11.6 Å². The number of halogens is 1. The molecule has 0 N–H and O–H groups in total. The predicted octanol–water partition coefficient (Wildman–Crippen LogP) is 4.40. The van der Waals surface area contributed by atoms with E-state index in [1.165, 1.54) is 49.7 Å². The van der Waals surface area contributed by atoms with Crippen LogP contribution in [0, 0.1) is 0 Å². The Morgan fingerprint density at radius 3 is 3.05 bits per heavy atom. The van der Waals surface area contributed by atoms with Crippen LogP contribution in [-0.2, 0) is 13.0 Å². The number of aromatic nitrogens is 1. The Bertz CT molecular complexity index is 659. The van der Waals surface area contributed by atoms with Crippen LogP contribution < -0.4 is 0 Å². The number of rotatable bonds is 2. The van der Waals surface area contributed by atoms with Crippen molar-refractivity contribution in [2.75, 3.05) is 13.1 Å². The number of hydrogen-bond donors (Lipinski definition) is 0. The van der Waals surface area contributed by atoms with Gasteiger partial charge >= 0.3 is 0 Å². The van der Waals surface area contributed by atoms with Crippen molar-refractivity contribution in [3.05, 3.63) is 34.5 Å². The molecule has 0 spiro atoms. The van der Waals surface area contributed by atoms with Crippen molar-refractivity contribution in [2.24, 2.45) is 0 Å². The highest BCUT2D eigenvalue weighted by Gasteiger charge is 2.34. The molecule has 1 aromatic heterocycles. The normalized spacial score (nSPS) is 22.2. The van der Waals surface area contributed by atoms with Crippen molar-refractivity contribution in [1.29, 1.82) is 0 Å². The zero-order chi connectivity index (χ0) is 13.7. The van der Waals surface area contributed by atoms with Crippen LogP contribution in [0.1, 0.15) is 43.5 Å². The summed E-state index contributed by atoms with van der Waals surface area (Å²) in [6, 6.07) is 7.05. The molecular weight excluding hydrogens is 268 g/mol. The van der Waals surface area contributed by atoms with Gasteiger partial charge in [-0.1, -0.05) is 18.5 Å². The Balaban J connectivity index is 1.93. The number of fused-ring (bicyclic) bond motifs is 3. The highest BCUT2D eigenvalue weighted by molar-refractivity contribution is 6.31. The minimum atomic E-state index is 0.638. The zero-order valence-electron chi connectivity index (χ0n) is 12.0. The number of hydrogen-bond acceptors (Lipinski definition) is 1. The van der Waals surface area contributed by atoms with Crippen molar-refractivity contribution in [2.45, 2.75) is 45.2 Å². The van der Waals surface area contributed by atoms with Gasteiger partial charge in [-0.05, 0) is 56.0 Å². The Hall–Kier alpha value is -0.990. The van der Waals surface area contributed by atoms with E-state index < -0.39 is 0 Å². The molecule has 0 saturated heterocycles. The summed E-state index contributed by atoms with van der Waals surface area (Å²) in [6.07, 6.45) is 5.09. The third kappa shape index (κ3) is 1.74. The van der Waals surface area contributed by atoms with E-state index in [-0.39, 0.29) is 0 Å². The molecule has 1 aliphatic carbocycles. The Morgan fingerprint density at radius 1 is 1.30 bits per heavy atom. The summed E-state index contributed by atoms with van der Waals surface area (Å²) in [6.45, 7) is 5.83. The second-order valence-electron chi connectivity index (χ2n) is 6.12. The van der Waals surface area contributed by atoms with E-state index in [9.17, 15) is 0 Å². The standard InChI is InChI=1S/C17H21ClN2/c1-2-8-19-9-10-20-15-7-6-12(18)11-14(15)13-4-3-5-16(19)17(13)20/h6-7,11,16H,2-5,8-10H2,1H3/t16-/m0/s1. The van der Waals surface area contributed by atoms with Gasteiger partial charge in [0.1, 0.15) is 0 Å². The Kier molecular flexibility index (Phi) is 3.04. The SMILES string of the molecule is CCCN1CCn2c3c(c4cc(Cl)ccc42)CCC[C@@H]31. The average molecular weight is 289 g/mol. The van der Waals surface area contributed by atoms with E-state index in [0.717, 1.165) is 11.6 Å². The fraction of sp³-hybridized carbons (Fsp3) is 0.529. The Morgan fingerprint density at radius 2 is 2.20 bits per heavy atom. The lowest BCUT2D eigenvalue weighted by molar-refractivity contribution is 0.141. The van der Waals surface area contributed by atoms with Crippen LogP contribution in [-0.4, -0.2) is 22.6 Å². The molecule has 20 heavy (non-hydrogen) atoms. The van der Waals surface area contributed by atoms with E-state index in [2.05, 4.69) is 28.5 Å². The minimum absolute atomic E-state index is 0.638. The largest absolute Gasteiger partial charge is 0.342 e. The second kappa shape index (κ2) is 4.78. The van der Waals surface area contributed by atoms with Crippen LogP contribution in [0.5, 0.6) is 0 Å². The van der Waals surface area contributed by atoms with Gasteiger partial charge in [-0.25, -0.2) is 0 Å². The molecule has 3 heteroatoms. The van der Waals surface area contributed by atoms with Gasteiger partial charge in [-0.3, -0.25) is 4.90 Å². The summed E-state index contributed by atoms with van der Waals surface area (Å²) in [4.78, 5) is 2.69. The van der Waals surface area contributed by atoms with Crippen LogP contribution in [0.3, 0.4) is 0 Å². The lowest BCUT2D eigenvalue weighted by Crippen LogP contribution is -2.40. The first-order valence-electron chi connectivity index (χ1n) is 7.84. The van der Waals surface area contributed by atoms with Gasteiger partial charge in [0.05, 0.1) is 6.04 Å². The first-order valence-corrected chi connectivity index (χ1v) is 8.22. The molecule has 1 aliphatic heterocycles. The van der Waals surface area contributed by atoms with Crippen molar-refractivity contribution >= 4 is 22.5 Å². The molecule has 0 saturated carbocycles. The summed E-state index contributed by atoms with van der Waals surface area (Å²) >= 11 is 6.22. The van der Waals surface area contributed by atoms with Crippen LogP contribution in [0.2, 0.25) is 5.02 Å². The van der Waals surface area contributed by atoms with E-state index in [1.54, 1.807) is 11.3 Å². The molecule has 1 atom stereocenters. The second-order valence-corrected chi connectivity index (χ2v) is 6.56. The average Bonchev–Trinajstić information content (AvgIpc) is 2.78. The molecular formula is C17H21ClN2. The monoisotopic (exact) mass is 288 g/mol. The van der Waals surface area contributed by atoms with Gasteiger partial charge in [-0.15, -0.1) is 0 Å². The lowest BCUT2D eigenvalue weighted by atomic mass is 9.89. The van der Waals surface area contributed by atoms with E-state index in [4.69, 9.17) is 11.6 Å². The number of benzene rings is 1. The molecule has 0 radical (unpaired) electrons. The highest BCUT2D eigenvalue weighted by atomic mass is 35.5. The molecule has 4 rings (SSSR count). The molecule has 0 fully saturated rings. The number of nitrogens with zero attached hydrogens (tertiary/aromatic N) is 2. The summed E-state index contributed by atoms with van der Waals surface area (Å²) in [5.41, 5.74) is 4.55. The van der Waals surface area contributed by atoms with Gasteiger partial charge < -0.3 is 4.57 Å². The number of aryl methyl sites for hydroxylation is 1. The molecule has 106 valence electrons. The maximum atomic E-state index is 6.22. The maximum absolute atomic E-state index is 6.22. The minimum Gasteiger partial charge on any atom is -0.342 e. The van der Waals surface area contributed by atoms with Gasteiger partial charge in [0, 0.05) is 34.7 Å². The van der Waals surface area contributed by atoms with Gasteiger partial charge in [0.15, 0.2) is 0 Å². The molecule has 0 unspecified atom stereocenters. The molecule has 2 aromatic rings. The van der Waals surface area contributed by atoms with Gasteiger partial charge in [0.25, 0.3) is 0 Å². The molecule has 0 amide bonds.